The summed E-state index contributed by atoms with van der Waals surface area (Å²) in [5, 5.41) is 14.6. The summed E-state index contributed by atoms with van der Waals surface area (Å²) in [6.45, 7) is 4.22. The first-order chi connectivity index (χ1) is 12.4. The van der Waals surface area contributed by atoms with Gasteiger partial charge in [0.25, 0.3) is 0 Å². The van der Waals surface area contributed by atoms with E-state index in [1.54, 1.807) is 24.3 Å². The molecule has 0 aromatic heterocycles. The fourth-order valence-corrected chi connectivity index (χ4v) is 2.80. The van der Waals surface area contributed by atoms with Crippen LogP contribution in [0.5, 0.6) is 0 Å². The number of benzene rings is 2. The molecule has 0 aliphatic heterocycles. The number of nitrogens with zero attached hydrogens (tertiary/aromatic N) is 1. The molecular formula is C21H21N3O2. The van der Waals surface area contributed by atoms with Crippen molar-refractivity contribution < 1.29 is 9.59 Å². The fraction of sp³-hybridized carbons (Fsp3) is 0.286. The Kier molecular flexibility index (Phi) is 4.77. The average molecular weight is 347 g/mol. The average Bonchev–Trinajstić information content (AvgIpc) is 3.44. The van der Waals surface area contributed by atoms with Crippen LogP contribution in [0.15, 0.2) is 48.5 Å². The molecule has 0 radical (unpaired) electrons. The van der Waals surface area contributed by atoms with Gasteiger partial charge in [0.05, 0.1) is 11.6 Å². The minimum atomic E-state index is -1.03. The maximum atomic E-state index is 12.6. The van der Waals surface area contributed by atoms with Gasteiger partial charge in [-0.2, -0.15) is 5.26 Å². The second-order valence-electron chi connectivity index (χ2n) is 6.96. The first kappa shape index (κ1) is 17.7. The second kappa shape index (κ2) is 7.01. The quantitative estimate of drug-likeness (QED) is 0.801. The highest BCUT2D eigenvalue weighted by Gasteiger charge is 2.56. The van der Waals surface area contributed by atoms with Gasteiger partial charge in [0.15, 0.2) is 0 Å². The highest BCUT2D eigenvalue weighted by Crippen LogP contribution is 2.47. The van der Waals surface area contributed by atoms with Crippen LogP contribution in [0, 0.1) is 16.7 Å². The van der Waals surface area contributed by atoms with Crippen molar-refractivity contribution in [3.8, 4) is 6.07 Å². The SMILES string of the molecule is CC(C)c1ccc(NC(=O)C2(C(=O)Nc3cccc(C#N)c3)CC2)cc1. The number of rotatable bonds is 5. The van der Waals surface area contributed by atoms with E-state index >= 15 is 0 Å². The van der Waals surface area contributed by atoms with Crippen molar-refractivity contribution in [1.29, 1.82) is 5.26 Å². The third-order valence-electron chi connectivity index (χ3n) is 4.70. The van der Waals surface area contributed by atoms with E-state index in [4.69, 9.17) is 5.26 Å². The van der Waals surface area contributed by atoms with Crippen LogP contribution in [0.2, 0.25) is 0 Å². The zero-order valence-electron chi connectivity index (χ0n) is 14.9. The number of carbonyl (C=O) groups excluding carboxylic acids is 2. The van der Waals surface area contributed by atoms with Crippen molar-refractivity contribution in [2.45, 2.75) is 32.6 Å². The number of amides is 2. The Morgan fingerprint density at radius 1 is 1.00 bits per heavy atom. The van der Waals surface area contributed by atoms with Crippen LogP contribution >= 0.6 is 0 Å². The van der Waals surface area contributed by atoms with E-state index < -0.39 is 5.41 Å². The Labute approximate surface area is 153 Å². The molecule has 5 nitrogen and oxygen atoms in total. The molecule has 26 heavy (non-hydrogen) atoms. The summed E-state index contributed by atoms with van der Waals surface area (Å²) < 4.78 is 0. The lowest BCUT2D eigenvalue weighted by molar-refractivity contribution is -0.131. The molecule has 1 aliphatic rings. The molecule has 1 saturated carbocycles. The number of hydrogen-bond donors (Lipinski definition) is 2. The summed E-state index contributed by atoms with van der Waals surface area (Å²) in [7, 11) is 0. The largest absolute Gasteiger partial charge is 0.325 e. The molecule has 132 valence electrons. The van der Waals surface area contributed by atoms with Crippen LogP contribution in [0.4, 0.5) is 11.4 Å². The van der Waals surface area contributed by atoms with Gasteiger partial charge in [-0.15, -0.1) is 0 Å². The zero-order chi connectivity index (χ0) is 18.7. The predicted molar refractivity (Wildman–Crippen MR) is 101 cm³/mol. The van der Waals surface area contributed by atoms with E-state index in [2.05, 4.69) is 24.5 Å². The third kappa shape index (κ3) is 3.60. The van der Waals surface area contributed by atoms with E-state index in [-0.39, 0.29) is 11.8 Å². The van der Waals surface area contributed by atoms with Crippen LogP contribution in [0.3, 0.4) is 0 Å². The first-order valence-electron chi connectivity index (χ1n) is 8.68. The van der Waals surface area contributed by atoms with Gasteiger partial charge in [0.1, 0.15) is 5.41 Å². The van der Waals surface area contributed by atoms with Gasteiger partial charge in [0, 0.05) is 11.4 Å². The molecule has 3 rings (SSSR count). The van der Waals surface area contributed by atoms with Crippen molar-refractivity contribution in [1.82, 2.24) is 0 Å². The first-order valence-corrected chi connectivity index (χ1v) is 8.68. The standard InChI is InChI=1S/C21H21N3O2/c1-14(2)16-6-8-17(9-7-16)23-19(25)21(10-11-21)20(26)24-18-5-3-4-15(12-18)13-22/h3-9,12,14H,10-11H2,1-2H3,(H,23,25)(H,24,26). The van der Waals surface area contributed by atoms with E-state index in [1.807, 2.05) is 30.3 Å². The van der Waals surface area contributed by atoms with Crippen LogP contribution in [0.25, 0.3) is 0 Å². The highest BCUT2D eigenvalue weighted by molar-refractivity contribution is 6.16. The molecule has 1 fully saturated rings. The Hall–Kier alpha value is -3.13. The van der Waals surface area contributed by atoms with E-state index in [0.29, 0.717) is 35.7 Å². The van der Waals surface area contributed by atoms with E-state index in [1.165, 1.54) is 5.56 Å². The lowest BCUT2D eigenvalue weighted by Gasteiger charge is -2.16. The molecule has 2 N–H and O–H groups in total. The van der Waals surface area contributed by atoms with Crippen molar-refractivity contribution in [3.05, 3.63) is 59.7 Å². The van der Waals surface area contributed by atoms with Crippen LogP contribution in [0.1, 0.15) is 43.7 Å². The summed E-state index contributed by atoms with van der Waals surface area (Å²) in [5.41, 5.74) is 1.83. The summed E-state index contributed by atoms with van der Waals surface area (Å²) in [6, 6.07) is 16.4. The second-order valence-corrected chi connectivity index (χ2v) is 6.96. The lowest BCUT2D eigenvalue weighted by Crippen LogP contribution is -2.35. The number of anilines is 2. The fourth-order valence-electron chi connectivity index (χ4n) is 2.80. The van der Waals surface area contributed by atoms with Gasteiger partial charge >= 0.3 is 0 Å². The van der Waals surface area contributed by atoms with E-state index in [9.17, 15) is 9.59 Å². The smallest absolute Gasteiger partial charge is 0.240 e. The molecule has 0 atom stereocenters. The Morgan fingerprint density at radius 3 is 2.15 bits per heavy atom. The molecule has 2 aromatic carbocycles. The normalized spacial score (nSPS) is 14.4. The van der Waals surface area contributed by atoms with Crippen LogP contribution < -0.4 is 10.6 Å². The molecule has 0 saturated heterocycles. The number of hydrogen-bond acceptors (Lipinski definition) is 3. The minimum Gasteiger partial charge on any atom is -0.325 e. The molecule has 1 aliphatic carbocycles. The van der Waals surface area contributed by atoms with Crippen molar-refractivity contribution in [2.24, 2.45) is 5.41 Å². The number of nitriles is 1. The molecule has 0 bridgehead atoms. The Bertz CT molecular complexity index is 875. The molecule has 0 spiro atoms. The topological polar surface area (TPSA) is 82.0 Å². The predicted octanol–water partition coefficient (Wildman–Crippen LogP) is 4.04. The zero-order valence-corrected chi connectivity index (χ0v) is 14.9. The highest BCUT2D eigenvalue weighted by atomic mass is 16.2. The molecule has 2 amide bonds. The van der Waals surface area contributed by atoms with Crippen molar-refractivity contribution in [2.75, 3.05) is 10.6 Å². The van der Waals surface area contributed by atoms with Gasteiger partial charge in [-0.25, -0.2) is 0 Å². The maximum absolute atomic E-state index is 12.6. The summed E-state index contributed by atoms with van der Waals surface area (Å²) in [5.74, 6) is -0.197. The molecule has 2 aromatic rings. The molecular weight excluding hydrogens is 326 g/mol. The lowest BCUT2D eigenvalue weighted by atomic mass is 10.0. The van der Waals surface area contributed by atoms with Gasteiger partial charge < -0.3 is 10.6 Å². The summed E-state index contributed by atoms with van der Waals surface area (Å²) in [4.78, 5) is 25.3. The van der Waals surface area contributed by atoms with E-state index in [0.717, 1.165) is 0 Å². The van der Waals surface area contributed by atoms with Crippen LogP contribution in [-0.2, 0) is 9.59 Å². The third-order valence-corrected chi connectivity index (χ3v) is 4.70. The maximum Gasteiger partial charge on any atom is 0.240 e. The Balaban J connectivity index is 1.68. The van der Waals surface area contributed by atoms with Crippen molar-refractivity contribution >= 4 is 23.2 Å². The van der Waals surface area contributed by atoms with Crippen molar-refractivity contribution in [3.63, 3.8) is 0 Å². The van der Waals surface area contributed by atoms with Gasteiger partial charge in [0.2, 0.25) is 11.8 Å². The van der Waals surface area contributed by atoms with Gasteiger partial charge in [-0.05, 0) is 54.7 Å². The molecule has 5 heteroatoms. The van der Waals surface area contributed by atoms with Gasteiger partial charge in [-0.3, -0.25) is 9.59 Å². The number of nitrogens with one attached hydrogen (secondary N) is 2. The number of carbonyl (C=O) groups is 2. The summed E-state index contributed by atoms with van der Waals surface area (Å²) in [6.07, 6.45) is 1.04. The van der Waals surface area contributed by atoms with Crippen LogP contribution in [-0.4, -0.2) is 11.8 Å². The minimum absolute atomic E-state index is 0.288. The monoisotopic (exact) mass is 347 g/mol. The van der Waals surface area contributed by atoms with Gasteiger partial charge in [-0.1, -0.05) is 32.0 Å². The summed E-state index contributed by atoms with van der Waals surface area (Å²) >= 11 is 0. The molecule has 0 heterocycles. The Morgan fingerprint density at radius 2 is 1.62 bits per heavy atom. The molecule has 0 unspecified atom stereocenters.